The molecule has 0 heterocycles. The van der Waals surface area contributed by atoms with Gasteiger partial charge in [-0.1, -0.05) is 0 Å². The molecule has 0 saturated carbocycles. The number of hydrogen-bond donors (Lipinski definition) is 1. The molecular formula is C10H16NO3P. The van der Waals surface area contributed by atoms with Gasteiger partial charge in [0, 0.05) is 0 Å². The minimum atomic E-state index is -0.821. The molecule has 5 heteroatoms. The Labute approximate surface area is 91.0 Å². The van der Waals surface area contributed by atoms with Crippen molar-refractivity contribution in [3.63, 3.8) is 0 Å². The number of hydrogen-bond acceptors (Lipinski definition) is 4. The van der Waals surface area contributed by atoms with Gasteiger partial charge in [-0.15, -0.1) is 0 Å². The van der Waals surface area contributed by atoms with Gasteiger partial charge in [0.1, 0.15) is 0 Å². The van der Waals surface area contributed by atoms with Crippen LogP contribution in [-0.2, 0) is 14.1 Å². The first-order chi connectivity index (χ1) is 6.97. The summed E-state index contributed by atoms with van der Waals surface area (Å²) in [6, 6.07) is -0.821. The predicted octanol–water partition coefficient (Wildman–Crippen LogP) is 1.71. The van der Waals surface area contributed by atoms with Gasteiger partial charge in [-0.05, 0) is 0 Å². The molecule has 0 fully saturated rings. The monoisotopic (exact) mass is 229 g/mol. The third-order valence-electron chi connectivity index (χ3n) is 1.48. The summed E-state index contributed by atoms with van der Waals surface area (Å²) < 4.78 is 15.1. The van der Waals surface area contributed by atoms with Crippen molar-refractivity contribution in [2.24, 2.45) is 11.7 Å². The molecule has 0 spiro atoms. The van der Waals surface area contributed by atoms with Crippen molar-refractivity contribution < 1.29 is 14.1 Å². The Morgan fingerprint density at radius 2 is 2.20 bits per heavy atom. The van der Waals surface area contributed by atoms with Crippen molar-refractivity contribution in [2.75, 3.05) is 6.61 Å². The van der Waals surface area contributed by atoms with Crippen LogP contribution in [-0.4, -0.2) is 18.6 Å². The van der Waals surface area contributed by atoms with E-state index in [9.17, 15) is 9.36 Å². The van der Waals surface area contributed by atoms with Gasteiger partial charge in [0.25, 0.3) is 0 Å². The molecule has 2 N–H and O–H groups in total. The normalized spacial score (nSPS) is 13.3. The van der Waals surface area contributed by atoms with E-state index in [-0.39, 0.29) is 13.8 Å². The summed E-state index contributed by atoms with van der Waals surface area (Å²) in [6.45, 7) is 5.91. The molecule has 1 atom stereocenters. The van der Waals surface area contributed by atoms with Crippen LogP contribution in [0.15, 0.2) is 11.6 Å². The number of nitrogens with two attached hydrogens (primary N) is 1. The Balaban J connectivity index is 4.25. The average Bonchev–Trinajstić information content (AvgIpc) is 2.14. The number of rotatable bonds is 4. The SMILES string of the molecule is C/C(C#P=O)=C\C(N)C(=O)OCC(C)C. The Morgan fingerprint density at radius 3 is 2.67 bits per heavy atom. The summed E-state index contributed by atoms with van der Waals surface area (Å²) in [5.41, 5.74) is 8.59. The maximum atomic E-state index is 11.3. The summed E-state index contributed by atoms with van der Waals surface area (Å²) >= 11 is 0. The molecule has 1 unspecified atom stereocenters. The molecule has 4 nitrogen and oxygen atoms in total. The van der Waals surface area contributed by atoms with Crippen LogP contribution in [0, 0.1) is 11.5 Å². The van der Waals surface area contributed by atoms with E-state index in [1.54, 1.807) is 6.92 Å². The van der Waals surface area contributed by atoms with E-state index in [1.165, 1.54) is 6.08 Å². The second kappa shape index (κ2) is 7.47. The van der Waals surface area contributed by atoms with Crippen LogP contribution >= 0.6 is 7.92 Å². The molecule has 84 valence electrons. The molecule has 0 aromatic rings. The summed E-state index contributed by atoms with van der Waals surface area (Å²) in [5, 5.41) is 0. The van der Waals surface area contributed by atoms with Crippen molar-refractivity contribution in [1.29, 1.82) is 0 Å². The van der Waals surface area contributed by atoms with Gasteiger partial charge in [0.15, 0.2) is 0 Å². The summed E-state index contributed by atoms with van der Waals surface area (Å²) in [6.07, 6.45) is 1.47. The number of carbonyl (C=O) groups excluding carboxylic acids is 1. The van der Waals surface area contributed by atoms with Gasteiger partial charge in [-0.3, -0.25) is 0 Å². The van der Waals surface area contributed by atoms with E-state index in [0.29, 0.717) is 12.2 Å². The van der Waals surface area contributed by atoms with Gasteiger partial charge in [0.05, 0.1) is 0 Å². The molecule has 0 amide bonds. The zero-order valence-corrected chi connectivity index (χ0v) is 10.1. The van der Waals surface area contributed by atoms with Gasteiger partial charge in [-0.25, -0.2) is 0 Å². The van der Waals surface area contributed by atoms with Crippen LogP contribution in [0.1, 0.15) is 20.8 Å². The number of esters is 1. The van der Waals surface area contributed by atoms with Crippen LogP contribution in [0.25, 0.3) is 0 Å². The first-order valence-electron chi connectivity index (χ1n) is 4.66. The van der Waals surface area contributed by atoms with Crippen LogP contribution < -0.4 is 5.73 Å². The Hall–Kier alpha value is -0.820. The van der Waals surface area contributed by atoms with Crippen molar-refractivity contribution in [3.05, 3.63) is 11.6 Å². The molecule has 0 rings (SSSR count). The quantitative estimate of drug-likeness (QED) is 0.588. The molecular weight excluding hydrogens is 213 g/mol. The molecule has 0 aliphatic heterocycles. The van der Waals surface area contributed by atoms with Crippen LogP contribution in [0.4, 0.5) is 0 Å². The average molecular weight is 229 g/mol. The molecule has 0 radical (unpaired) electrons. The maximum absolute atomic E-state index is 11.3. The number of ether oxygens (including phenoxy) is 1. The van der Waals surface area contributed by atoms with Gasteiger partial charge in [0.2, 0.25) is 0 Å². The Morgan fingerprint density at radius 1 is 1.60 bits per heavy atom. The predicted molar refractivity (Wildman–Crippen MR) is 59.0 cm³/mol. The molecule has 0 bridgehead atoms. The van der Waals surface area contributed by atoms with E-state index in [2.05, 4.69) is 5.63 Å². The minimum absolute atomic E-state index is 0.221. The van der Waals surface area contributed by atoms with Crippen molar-refractivity contribution >= 4 is 13.9 Å². The first kappa shape index (κ1) is 14.2. The fourth-order valence-electron chi connectivity index (χ4n) is 0.792. The number of carbonyl (C=O) groups is 1. The standard InChI is InChI=1S/C10H16NO3P/c1-7(2)5-14-10(12)9(11)4-8(3)6-15-13/h4,7,9H,5,11H2,1-3H3/b8-4+. The molecule has 0 aliphatic rings. The Kier molecular flexibility index (Phi) is 7.06. The molecule has 0 aromatic heterocycles. The molecule has 15 heavy (non-hydrogen) atoms. The van der Waals surface area contributed by atoms with E-state index in [1.807, 2.05) is 13.8 Å². The summed E-state index contributed by atoms with van der Waals surface area (Å²) in [5.74, 6) is -0.197. The zero-order valence-electron chi connectivity index (χ0n) is 9.19. The molecule has 0 aromatic carbocycles. The van der Waals surface area contributed by atoms with Crippen molar-refractivity contribution in [3.8, 4) is 5.63 Å². The molecule has 0 aliphatic carbocycles. The van der Waals surface area contributed by atoms with Gasteiger partial charge in [-0.2, -0.15) is 0 Å². The van der Waals surface area contributed by atoms with Crippen molar-refractivity contribution in [1.82, 2.24) is 0 Å². The fraction of sp³-hybridized carbons (Fsp3) is 0.600. The summed E-state index contributed by atoms with van der Waals surface area (Å²) in [7, 11) is -0.221. The van der Waals surface area contributed by atoms with E-state index in [4.69, 9.17) is 10.5 Å². The second-order valence-corrected chi connectivity index (χ2v) is 4.01. The topological polar surface area (TPSA) is 69.4 Å². The zero-order chi connectivity index (χ0) is 11.8. The second-order valence-electron chi connectivity index (χ2n) is 3.60. The van der Waals surface area contributed by atoms with E-state index >= 15 is 0 Å². The third-order valence-corrected chi connectivity index (χ3v) is 1.93. The first-order valence-corrected chi connectivity index (χ1v) is 5.47. The third kappa shape index (κ3) is 7.15. The van der Waals surface area contributed by atoms with Gasteiger partial charge < -0.3 is 0 Å². The molecule has 0 saturated heterocycles. The van der Waals surface area contributed by atoms with Crippen LogP contribution in [0.2, 0.25) is 0 Å². The number of allylic oxidation sites excluding steroid dienone is 1. The Bertz CT molecular complexity index is 343. The fourth-order valence-corrected chi connectivity index (χ4v) is 1.01. The summed E-state index contributed by atoms with van der Waals surface area (Å²) in [4.78, 5) is 11.3. The van der Waals surface area contributed by atoms with Crippen LogP contribution in [0.3, 0.4) is 0 Å². The van der Waals surface area contributed by atoms with Gasteiger partial charge >= 0.3 is 90.3 Å². The van der Waals surface area contributed by atoms with E-state index in [0.717, 1.165) is 0 Å². The van der Waals surface area contributed by atoms with E-state index < -0.39 is 12.0 Å². The van der Waals surface area contributed by atoms with Crippen LogP contribution in [0.5, 0.6) is 0 Å². The van der Waals surface area contributed by atoms with Crippen molar-refractivity contribution in [2.45, 2.75) is 26.8 Å².